The van der Waals surface area contributed by atoms with Crippen LogP contribution >= 0.6 is 0 Å². The molecule has 0 bridgehead atoms. The molecule has 0 radical (unpaired) electrons. The number of likely N-dealkylation sites (N-methyl/N-ethyl adjacent to an activating group) is 1. The Bertz CT molecular complexity index is 408. The highest BCUT2D eigenvalue weighted by atomic mass is 16.7. The molecule has 1 unspecified atom stereocenters. The largest absolute Gasteiger partial charge is 0.387 e. The SMILES string of the molecule is CNCC(O)c1ccccc1N1OCCC1=O. The van der Waals surface area contributed by atoms with Crippen LogP contribution in [0.25, 0.3) is 0 Å². The number of hydroxylamine groups is 1. The van der Waals surface area contributed by atoms with Gasteiger partial charge in [-0.1, -0.05) is 18.2 Å². The second kappa shape index (κ2) is 5.27. The summed E-state index contributed by atoms with van der Waals surface area (Å²) in [5.41, 5.74) is 1.31. The number of carbonyl (C=O) groups excluding carboxylic acids is 1. The van der Waals surface area contributed by atoms with Gasteiger partial charge in [-0.3, -0.25) is 9.63 Å². The van der Waals surface area contributed by atoms with E-state index in [4.69, 9.17) is 4.84 Å². The molecule has 1 aromatic rings. The first-order chi connectivity index (χ1) is 8.24. The molecule has 2 N–H and O–H groups in total. The maximum absolute atomic E-state index is 11.6. The number of para-hydroxylation sites is 1. The first-order valence-electron chi connectivity index (χ1n) is 5.61. The number of anilines is 1. The van der Waals surface area contributed by atoms with E-state index in [1.54, 1.807) is 19.2 Å². The van der Waals surface area contributed by atoms with E-state index in [0.29, 0.717) is 30.8 Å². The Morgan fingerprint density at radius 2 is 2.29 bits per heavy atom. The van der Waals surface area contributed by atoms with Gasteiger partial charge in [-0.25, -0.2) is 0 Å². The zero-order valence-electron chi connectivity index (χ0n) is 9.72. The van der Waals surface area contributed by atoms with E-state index in [1.807, 2.05) is 12.1 Å². The molecular formula is C12H16N2O3. The van der Waals surface area contributed by atoms with E-state index < -0.39 is 6.10 Å². The number of carbonyl (C=O) groups is 1. The highest BCUT2D eigenvalue weighted by molar-refractivity contribution is 5.93. The van der Waals surface area contributed by atoms with Crippen molar-refractivity contribution in [1.29, 1.82) is 0 Å². The lowest BCUT2D eigenvalue weighted by atomic mass is 10.1. The van der Waals surface area contributed by atoms with Gasteiger partial charge in [0.1, 0.15) is 0 Å². The molecular weight excluding hydrogens is 220 g/mol. The maximum Gasteiger partial charge on any atom is 0.253 e. The van der Waals surface area contributed by atoms with Crippen LogP contribution in [0.2, 0.25) is 0 Å². The number of aliphatic hydroxyl groups is 1. The number of benzene rings is 1. The predicted molar refractivity (Wildman–Crippen MR) is 63.4 cm³/mol. The van der Waals surface area contributed by atoms with Gasteiger partial charge in [0.15, 0.2) is 0 Å². The zero-order chi connectivity index (χ0) is 12.3. The molecule has 0 aromatic heterocycles. The van der Waals surface area contributed by atoms with Crippen LogP contribution in [0.15, 0.2) is 24.3 Å². The Balaban J connectivity index is 2.30. The summed E-state index contributed by atoms with van der Waals surface area (Å²) < 4.78 is 0. The van der Waals surface area contributed by atoms with E-state index >= 15 is 0 Å². The number of nitrogens with one attached hydrogen (secondary N) is 1. The highest BCUT2D eigenvalue weighted by Crippen LogP contribution is 2.28. The summed E-state index contributed by atoms with van der Waals surface area (Å²) in [5, 5.41) is 14.2. The summed E-state index contributed by atoms with van der Waals surface area (Å²) >= 11 is 0. The lowest BCUT2D eigenvalue weighted by Gasteiger charge is -2.20. The Kier molecular flexibility index (Phi) is 3.73. The first kappa shape index (κ1) is 12.0. The topological polar surface area (TPSA) is 61.8 Å². The van der Waals surface area contributed by atoms with Crippen LogP contribution in [0.4, 0.5) is 5.69 Å². The molecule has 0 aliphatic carbocycles. The van der Waals surface area contributed by atoms with Crippen LogP contribution in [0.1, 0.15) is 18.1 Å². The van der Waals surface area contributed by atoms with E-state index in [1.165, 1.54) is 5.06 Å². The molecule has 5 nitrogen and oxygen atoms in total. The van der Waals surface area contributed by atoms with Gasteiger partial charge < -0.3 is 10.4 Å². The molecule has 1 aromatic carbocycles. The average Bonchev–Trinajstić information content (AvgIpc) is 2.76. The van der Waals surface area contributed by atoms with E-state index in [2.05, 4.69) is 5.32 Å². The lowest BCUT2D eigenvalue weighted by molar-refractivity contribution is -0.119. The number of aliphatic hydroxyl groups excluding tert-OH is 1. The Morgan fingerprint density at radius 3 is 2.94 bits per heavy atom. The van der Waals surface area contributed by atoms with Gasteiger partial charge in [0, 0.05) is 12.1 Å². The molecule has 1 aliphatic heterocycles. The summed E-state index contributed by atoms with van der Waals surface area (Å²) in [5.74, 6) is -0.0749. The zero-order valence-corrected chi connectivity index (χ0v) is 9.72. The van der Waals surface area contributed by atoms with Crippen molar-refractivity contribution in [2.24, 2.45) is 0 Å². The summed E-state index contributed by atoms with van der Waals surface area (Å²) in [6, 6.07) is 7.22. The van der Waals surface area contributed by atoms with Crippen molar-refractivity contribution in [2.75, 3.05) is 25.3 Å². The van der Waals surface area contributed by atoms with Crippen molar-refractivity contribution in [2.45, 2.75) is 12.5 Å². The minimum atomic E-state index is -0.659. The molecule has 17 heavy (non-hydrogen) atoms. The Morgan fingerprint density at radius 1 is 1.53 bits per heavy atom. The fourth-order valence-electron chi connectivity index (χ4n) is 1.86. The van der Waals surface area contributed by atoms with Crippen molar-refractivity contribution in [3.8, 4) is 0 Å². The molecule has 1 saturated heterocycles. The number of nitrogens with zero attached hydrogens (tertiary/aromatic N) is 1. The fourth-order valence-corrected chi connectivity index (χ4v) is 1.86. The van der Waals surface area contributed by atoms with Crippen LogP contribution in [-0.2, 0) is 9.63 Å². The molecule has 0 spiro atoms. The molecule has 5 heteroatoms. The minimum absolute atomic E-state index is 0.0749. The fraction of sp³-hybridized carbons (Fsp3) is 0.417. The third-order valence-corrected chi connectivity index (χ3v) is 2.67. The number of hydrogen-bond donors (Lipinski definition) is 2. The van der Waals surface area contributed by atoms with Gasteiger partial charge >= 0.3 is 0 Å². The summed E-state index contributed by atoms with van der Waals surface area (Å²) in [6.07, 6.45) is -0.274. The van der Waals surface area contributed by atoms with Crippen molar-refractivity contribution in [1.82, 2.24) is 5.32 Å². The molecule has 1 atom stereocenters. The highest BCUT2D eigenvalue weighted by Gasteiger charge is 2.26. The monoisotopic (exact) mass is 236 g/mol. The Labute approximate surface area is 99.9 Å². The van der Waals surface area contributed by atoms with Crippen molar-refractivity contribution < 1.29 is 14.7 Å². The number of rotatable bonds is 4. The average molecular weight is 236 g/mol. The smallest absolute Gasteiger partial charge is 0.253 e. The molecule has 1 heterocycles. The molecule has 92 valence electrons. The van der Waals surface area contributed by atoms with Gasteiger partial charge in [0.25, 0.3) is 5.91 Å². The van der Waals surface area contributed by atoms with Gasteiger partial charge in [0.2, 0.25) is 0 Å². The third kappa shape index (κ3) is 2.46. The van der Waals surface area contributed by atoms with Crippen LogP contribution in [-0.4, -0.2) is 31.2 Å². The first-order valence-corrected chi connectivity index (χ1v) is 5.61. The van der Waals surface area contributed by atoms with Gasteiger partial charge in [0.05, 0.1) is 24.8 Å². The third-order valence-electron chi connectivity index (χ3n) is 2.67. The number of amides is 1. The Hall–Kier alpha value is -1.43. The van der Waals surface area contributed by atoms with Crippen LogP contribution in [0.5, 0.6) is 0 Å². The maximum atomic E-state index is 11.6. The van der Waals surface area contributed by atoms with Gasteiger partial charge in [-0.05, 0) is 13.1 Å². The van der Waals surface area contributed by atoms with Crippen molar-refractivity contribution in [3.63, 3.8) is 0 Å². The predicted octanol–water partition coefficient (Wildman–Crippen LogP) is 0.608. The van der Waals surface area contributed by atoms with Crippen molar-refractivity contribution in [3.05, 3.63) is 29.8 Å². The summed E-state index contributed by atoms with van der Waals surface area (Å²) in [6.45, 7) is 0.828. The van der Waals surface area contributed by atoms with E-state index in [9.17, 15) is 9.90 Å². The summed E-state index contributed by atoms with van der Waals surface area (Å²) in [4.78, 5) is 16.9. The standard InChI is InChI=1S/C12H16N2O3/c1-13-8-11(15)9-4-2-3-5-10(9)14-12(16)6-7-17-14/h2-5,11,13,15H,6-8H2,1H3. The number of hydrogen-bond acceptors (Lipinski definition) is 4. The van der Waals surface area contributed by atoms with Gasteiger partial charge in [-0.15, -0.1) is 0 Å². The second-order valence-corrected chi connectivity index (χ2v) is 3.90. The minimum Gasteiger partial charge on any atom is -0.387 e. The quantitative estimate of drug-likeness (QED) is 0.804. The normalized spacial score (nSPS) is 17.5. The second-order valence-electron chi connectivity index (χ2n) is 3.90. The molecule has 1 aliphatic rings. The van der Waals surface area contributed by atoms with Crippen molar-refractivity contribution >= 4 is 11.6 Å². The lowest BCUT2D eigenvalue weighted by Crippen LogP contribution is -2.25. The van der Waals surface area contributed by atoms with Crippen LogP contribution in [0.3, 0.4) is 0 Å². The van der Waals surface area contributed by atoms with E-state index in [-0.39, 0.29) is 5.91 Å². The van der Waals surface area contributed by atoms with Gasteiger partial charge in [-0.2, -0.15) is 5.06 Å². The molecule has 0 saturated carbocycles. The summed E-state index contributed by atoms with van der Waals surface area (Å²) in [7, 11) is 1.77. The van der Waals surface area contributed by atoms with Crippen LogP contribution < -0.4 is 10.4 Å². The molecule has 2 rings (SSSR count). The molecule has 1 fully saturated rings. The van der Waals surface area contributed by atoms with Crippen LogP contribution in [0, 0.1) is 0 Å². The van der Waals surface area contributed by atoms with E-state index in [0.717, 1.165) is 0 Å². The molecule has 1 amide bonds.